The van der Waals surface area contributed by atoms with Gasteiger partial charge in [0.15, 0.2) is 17.5 Å². The average Bonchev–Trinajstić information content (AvgIpc) is 2.16. The first-order valence-corrected chi connectivity index (χ1v) is 3.95. The minimum absolute atomic E-state index is 0.310. The van der Waals surface area contributed by atoms with Gasteiger partial charge in [0.2, 0.25) is 0 Å². The number of anilines is 1. The maximum absolute atomic E-state index is 13.3. The summed E-state index contributed by atoms with van der Waals surface area (Å²) in [6, 6.07) is 3.45. The van der Waals surface area contributed by atoms with Crippen LogP contribution in [0.2, 0.25) is 0 Å². The molecule has 0 aliphatic heterocycles. The van der Waals surface area contributed by atoms with E-state index in [4.69, 9.17) is 11.1 Å². The van der Waals surface area contributed by atoms with Crippen molar-refractivity contribution in [3.05, 3.63) is 34.1 Å². The van der Waals surface area contributed by atoms with Crippen LogP contribution in [0.3, 0.4) is 0 Å². The van der Waals surface area contributed by atoms with Crippen molar-refractivity contribution in [2.45, 2.75) is 0 Å². The number of rotatable bonds is 2. The van der Waals surface area contributed by atoms with E-state index in [2.05, 4.69) is 0 Å². The number of nitrogens with two attached hydrogens (primary N) is 1. The monoisotopic (exact) mass is 212 g/mol. The highest BCUT2D eigenvalue weighted by Crippen LogP contribution is 2.29. The molecule has 0 bridgehead atoms. The lowest BCUT2D eigenvalue weighted by atomic mass is 10.2. The maximum Gasteiger partial charge on any atom is 0.295 e. The second kappa shape index (κ2) is 3.91. The third-order valence-electron chi connectivity index (χ3n) is 1.86. The van der Waals surface area contributed by atoms with Crippen LogP contribution in [0.1, 0.15) is 0 Å². The maximum atomic E-state index is 13.3. The summed E-state index contributed by atoms with van der Waals surface area (Å²) in [4.78, 5) is 10.8. The number of hydrogen-bond donors (Lipinski definition) is 2. The van der Waals surface area contributed by atoms with Crippen LogP contribution in [0.5, 0.6) is 0 Å². The summed E-state index contributed by atoms with van der Waals surface area (Å²) in [6.45, 7) is 0. The van der Waals surface area contributed by atoms with Gasteiger partial charge in [-0.05, 0) is 6.07 Å². The van der Waals surface area contributed by atoms with Crippen molar-refractivity contribution in [1.29, 1.82) is 5.41 Å². The van der Waals surface area contributed by atoms with Crippen LogP contribution in [-0.4, -0.2) is 17.9 Å². The van der Waals surface area contributed by atoms with Crippen LogP contribution in [-0.2, 0) is 0 Å². The molecule has 1 aromatic rings. The van der Waals surface area contributed by atoms with Crippen molar-refractivity contribution >= 4 is 17.3 Å². The van der Waals surface area contributed by atoms with Gasteiger partial charge in [0.1, 0.15) is 0 Å². The smallest absolute Gasteiger partial charge is 0.295 e. The van der Waals surface area contributed by atoms with Crippen LogP contribution in [0.25, 0.3) is 0 Å². The zero-order chi connectivity index (χ0) is 11.6. The van der Waals surface area contributed by atoms with E-state index in [0.717, 1.165) is 17.0 Å². The Balaban J connectivity index is 3.37. The average molecular weight is 212 g/mol. The quantitative estimate of drug-likeness (QED) is 0.331. The molecule has 6 nitrogen and oxygen atoms in total. The van der Waals surface area contributed by atoms with Crippen LogP contribution < -0.4 is 10.6 Å². The second-order valence-corrected chi connectivity index (χ2v) is 2.81. The first-order chi connectivity index (χ1) is 6.95. The lowest BCUT2D eigenvalue weighted by Crippen LogP contribution is -2.33. The fourth-order valence-corrected chi connectivity index (χ4v) is 1.10. The van der Waals surface area contributed by atoms with Crippen molar-refractivity contribution in [1.82, 2.24) is 0 Å². The number of nitrogens with zero attached hydrogens (tertiary/aromatic N) is 2. The largest absolute Gasteiger partial charge is 0.370 e. The zero-order valence-electron chi connectivity index (χ0n) is 7.90. The summed E-state index contributed by atoms with van der Waals surface area (Å²) in [7, 11) is 1.29. The summed E-state index contributed by atoms with van der Waals surface area (Å²) < 4.78 is 13.3. The summed E-state index contributed by atoms with van der Waals surface area (Å²) in [6.07, 6.45) is 0. The lowest BCUT2D eigenvalue weighted by molar-refractivity contribution is -0.384. The number of halogens is 1. The van der Waals surface area contributed by atoms with Crippen molar-refractivity contribution in [3.8, 4) is 0 Å². The van der Waals surface area contributed by atoms with Crippen molar-refractivity contribution < 1.29 is 9.31 Å². The Bertz CT molecular complexity index is 421. The van der Waals surface area contributed by atoms with Crippen molar-refractivity contribution in [3.63, 3.8) is 0 Å². The predicted molar refractivity (Wildman–Crippen MR) is 53.4 cm³/mol. The number of guanidine groups is 1. The van der Waals surface area contributed by atoms with Gasteiger partial charge >= 0.3 is 0 Å². The van der Waals surface area contributed by atoms with Gasteiger partial charge in [-0.3, -0.25) is 15.5 Å². The minimum Gasteiger partial charge on any atom is -0.370 e. The van der Waals surface area contributed by atoms with Gasteiger partial charge in [0, 0.05) is 13.1 Å². The summed E-state index contributed by atoms with van der Waals surface area (Å²) in [5, 5.41) is 17.7. The van der Waals surface area contributed by atoms with Crippen LogP contribution in [0.4, 0.5) is 15.8 Å². The van der Waals surface area contributed by atoms with Crippen LogP contribution in [0.15, 0.2) is 18.2 Å². The molecular weight excluding hydrogens is 203 g/mol. The molecule has 1 aromatic carbocycles. The molecule has 3 N–H and O–H groups in total. The molecule has 0 heterocycles. The van der Waals surface area contributed by atoms with Crippen LogP contribution >= 0.6 is 0 Å². The number of nitro groups is 1. The standard InChI is InChI=1S/C8H9FN4O2/c1-12(8(10)11)7-5(9)3-2-4-6(7)13(14)15/h2-4H,1H3,(H3,10,11). The molecule has 0 saturated heterocycles. The first-order valence-electron chi connectivity index (χ1n) is 3.95. The normalized spacial score (nSPS) is 9.73. The van der Waals surface area contributed by atoms with E-state index < -0.39 is 22.4 Å². The van der Waals surface area contributed by atoms with Gasteiger partial charge in [0.25, 0.3) is 5.69 Å². The van der Waals surface area contributed by atoms with Gasteiger partial charge in [-0.2, -0.15) is 0 Å². The van der Waals surface area contributed by atoms with E-state index in [1.54, 1.807) is 0 Å². The molecule has 80 valence electrons. The fourth-order valence-electron chi connectivity index (χ4n) is 1.10. The highest BCUT2D eigenvalue weighted by molar-refractivity contribution is 5.94. The molecule has 0 aliphatic carbocycles. The number of benzene rings is 1. The SMILES string of the molecule is CN(C(=N)N)c1c(F)cccc1[N+](=O)[O-]. The second-order valence-electron chi connectivity index (χ2n) is 2.81. The zero-order valence-corrected chi connectivity index (χ0v) is 7.90. The Morgan fingerprint density at radius 1 is 1.67 bits per heavy atom. The van der Waals surface area contributed by atoms with Gasteiger partial charge < -0.3 is 10.6 Å². The number of para-hydroxylation sites is 1. The molecule has 7 heteroatoms. The topological polar surface area (TPSA) is 96.2 Å². The van der Waals surface area contributed by atoms with E-state index in [1.807, 2.05) is 0 Å². The summed E-state index contributed by atoms with van der Waals surface area (Å²) in [5.41, 5.74) is 4.39. The number of nitro benzene ring substituents is 1. The Kier molecular flexibility index (Phi) is 2.84. The molecule has 0 saturated carbocycles. The first kappa shape index (κ1) is 10.9. The minimum atomic E-state index is -0.790. The number of hydrogen-bond acceptors (Lipinski definition) is 3. The Labute approximate surface area is 84.8 Å². The molecular formula is C8H9FN4O2. The van der Waals surface area contributed by atoms with Gasteiger partial charge in [0.05, 0.1) is 4.92 Å². The van der Waals surface area contributed by atoms with E-state index >= 15 is 0 Å². The van der Waals surface area contributed by atoms with Crippen molar-refractivity contribution in [2.24, 2.45) is 5.73 Å². The summed E-state index contributed by atoms with van der Waals surface area (Å²) >= 11 is 0. The highest BCUT2D eigenvalue weighted by Gasteiger charge is 2.22. The molecule has 0 aliphatic rings. The Morgan fingerprint density at radius 2 is 2.27 bits per heavy atom. The third-order valence-corrected chi connectivity index (χ3v) is 1.86. The van der Waals surface area contributed by atoms with E-state index in [0.29, 0.717) is 0 Å². The Morgan fingerprint density at radius 3 is 2.73 bits per heavy atom. The summed E-state index contributed by atoms with van der Waals surface area (Å²) in [5.74, 6) is -1.26. The lowest BCUT2D eigenvalue weighted by Gasteiger charge is -2.16. The molecule has 0 atom stereocenters. The number of nitrogens with one attached hydrogen (secondary N) is 1. The van der Waals surface area contributed by atoms with Gasteiger partial charge in [-0.15, -0.1) is 0 Å². The van der Waals surface area contributed by atoms with Gasteiger partial charge in [-0.25, -0.2) is 4.39 Å². The molecule has 15 heavy (non-hydrogen) atoms. The highest BCUT2D eigenvalue weighted by atomic mass is 19.1. The van der Waals surface area contributed by atoms with E-state index in [-0.39, 0.29) is 5.69 Å². The molecule has 0 aromatic heterocycles. The van der Waals surface area contributed by atoms with Crippen LogP contribution in [0, 0.1) is 21.3 Å². The molecule has 0 unspecified atom stereocenters. The molecule has 0 spiro atoms. The molecule has 0 radical (unpaired) electrons. The van der Waals surface area contributed by atoms with E-state index in [9.17, 15) is 14.5 Å². The molecule has 1 rings (SSSR count). The van der Waals surface area contributed by atoms with Gasteiger partial charge in [-0.1, -0.05) is 6.07 Å². The third kappa shape index (κ3) is 2.01. The van der Waals surface area contributed by atoms with E-state index in [1.165, 1.54) is 13.1 Å². The predicted octanol–water partition coefficient (Wildman–Crippen LogP) is 1.06. The Hall–Kier alpha value is -2.18. The fraction of sp³-hybridized carbons (Fsp3) is 0.125. The van der Waals surface area contributed by atoms with Crippen molar-refractivity contribution in [2.75, 3.05) is 11.9 Å². The molecule has 0 amide bonds. The molecule has 0 fully saturated rings.